The Morgan fingerprint density at radius 1 is 0.875 bits per heavy atom. The summed E-state index contributed by atoms with van der Waals surface area (Å²) >= 11 is -9.42. The quantitative estimate of drug-likeness (QED) is 0.486. The van der Waals surface area contributed by atoms with Gasteiger partial charge in [-0.1, -0.05) is 0 Å². The molecule has 0 aromatic heterocycles. The number of hydrogen-bond acceptors (Lipinski definition) is 5. The minimum Gasteiger partial charge on any atom is 0 e. The molecule has 0 unspecified atom stereocenters. The predicted octanol–water partition coefficient (Wildman–Crippen LogP) is -1.16. The molecule has 45 valence electrons. The topological polar surface area (TPSA) is 106 Å². The SMILES string of the molecule is [O]=[Ti](=[O])(=[O])(=[O])(=[O])[OH].[Ti]. The molecule has 6 nitrogen and oxygen atoms in total. The van der Waals surface area contributed by atoms with Crippen LogP contribution in [-0.2, 0) is 52.6 Å². The summed E-state index contributed by atoms with van der Waals surface area (Å²) in [5, 5.41) is 0. The molecule has 0 amide bonds. The zero-order valence-corrected chi connectivity index (χ0v) is 6.61. The molecule has 8 heavy (non-hydrogen) atoms. The van der Waals surface area contributed by atoms with Crippen LogP contribution < -0.4 is 0 Å². The van der Waals surface area contributed by atoms with E-state index in [0.717, 1.165) is 0 Å². The molecule has 0 aliphatic heterocycles. The molecule has 0 fully saturated rings. The summed E-state index contributed by atoms with van der Waals surface area (Å²) in [6, 6.07) is 0. The monoisotopic (exact) mass is 193 g/mol. The van der Waals surface area contributed by atoms with Crippen LogP contribution in [0.3, 0.4) is 0 Å². The minimum atomic E-state index is -9.42. The Hall–Kier alpha value is 0.389. The maximum atomic E-state index is 8.78. The van der Waals surface area contributed by atoms with Crippen LogP contribution in [0.4, 0.5) is 0 Å². The summed E-state index contributed by atoms with van der Waals surface area (Å²) in [5.74, 6) is 0. The van der Waals surface area contributed by atoms with E-state index in [-0.39, 0.29) is 21.7 Å². The van der Waals surface area contributed by atoms with E-state index < -0.39 is 14.3 Å². The van der Waals surface area contributed by atoms with E-state index in [9.17, 15) is 0 Å². The van der Waals surface area contributed by atoms with Gasteiger partial charge in [0.1, 0.15) is 0 Å². The smallest absolute Gasteiger partial charge is 0 e. The van der Waals surface area contributed by atoms with Crippen molar-refractivity contribution in [2.45, 2.75) is 0 Å². The van der Waals surface area contributed by atoms with Gasteiger partial charge in [0.15, 0.2) is 0 Å². The molecular formula is HO6Ti2. The summed E-state index contributed by atoms with van der Waals surface area (Å²) in [5.41, 5.74) is 0. The van der Waals surface area contributed by atoms with Crippen molar-refractivity contribution in [2.24, 2.45) is 0 Å². The van der Waals surface area contributed by atoms with Gasteiger partial charge in [0.2, 0.25) is 0 Å². The third kappa shape index (κ3) is 1230. The van der Waals surface area contributed by atoms with Gasteiger partial charge in [-0.2, -0.15) is 0 Å². The second-order valence-corrected chi connectivity index (χ2v) is 5.32. The van der Waals surface area contributed by atoms with E-state index in [2.05, 4.69) is 0 Å². The van der Waals surface area contributed by atoms with Crippen LogP contribution in [0, 0.1) is 0 Å². The van der Waals surface area contributed by atoms with Gasteiger partial charge in [0, 0.05) is 21.7 Å². The average Bonchev–Trinajstić information content (AvgIpc) is 0.592. The van der Waals surface area contributed by atoms with Crippen molar-refractivity contribution < 1.29 is 56.3 Å². The van der Waals surface area contributed by atoms with Gasteiger partial charge in [-0.05, 0) is 0 Å². The van der Waals surface area contributed by atoms with Crippen LogP contribution in [0.2, 0.25) is 0 Å². The van der Waals surface area contributed by atoms with E-state index in [4.69, 9.17) is 20.3 Å². The minimum absolute atomic E-state index is 0. The van der Waals surface area contributed by atoms with Crippen molar-refractivity contribution in [3.8, 4) is 0 Å². The largest absolute Gasteiger partial charge is 0 e. The molecule has 0 aliphatic rings. The van der Waals surface area contributed by atoms with Crippen molar-refractivity contribution in [3.63, 3.8) is 0 Å². The third-order valence-corrected chi connectivity index (χ3v) is 0. The number of hydrogen-bond donors (Lipinski definition) is 1. The molecule has 0 spiro atoms. The average molecular weight is 193 g/mol. The standard InChI is InChI=1S/H2O.5O.2Ti/h1H2;;;;;;;/q;;;;;;;+1/p-1. The van der Waals surface area contributed by atoms with E-state index in [1.165, 1.54) is 0 Å². The molecule has 0 rings (SSSR count). The zero-order valence-electron chi connectivity index (χ0n) is 3.49. The molecule has 0 aromatic carbocycles. The van der Waals surface area contributed by atoms with Gasteiger partial charge in [-0.25, -0.2) is 0 Å². The Bertz CT molecular complexity index is 385. The molecule has 0 saturated carbocycles. The van der Waals surface area contributed by atoms with Crippen molar-refractivity contribution in [3.05, 3.63) is 0 Å². The fraction of sp³-hybridized carbons (Fsp3) is 0. The predicted molar refractivity (Wildman–Crippen MR) is 5.65 cm³/mol. The first-order valence-electron chi connectivity index (χ1n) is 1.24. The van der Waals surface area contributed by atoms with Crippen LogP contribution in [-0.4, -0.2) is 3.69 Å². The van der Waals surface area contributed by atoms with Crippen molar-refractivity contribution in [1.82, 2.24) is 0 Å². The van der Waals surface area contributed by atoms with Gasteiger partial charge in [0.05, 0.1) is 0 Å². The third-order valence-electron chi connectivity index (χ3n) is 0. The molecular weight excluding hydrogens is 192 g/mol. The summed E-state index contributed by atoms with van der Waals surface area (Å²) in [6.45, 7) is 0. The Morgan fingerprint density at radius 3 is 0.875 bits per heavy atom. The molecule has 0 saturated heterocycles. The zero-order chi connectivity index (χ0) is 6.41. The first-order chi connectivity index (χ1) is 2.45. The van der Waals surface area contributed by atoms with Gasteiger partial charge >= 0.3 is 34.6 Å². The van der Waals surface area contributed by atoms with Gasteiger partial charge in [0.25, 0.3) is 0 Å². The molecule has 8 heteroatoms. The molecule has 0 aromatic rings. The van der Waals surface area contributed by atoms with E-state index in [1.54, 1.807) is 0 Å². The Balaban J connectivity index is 0. The molecule has 0 heterocycles. The normalized spacial score (nSPS) is 10.6. The summed E-state index contributed by atoms with van der Waals surface area (Å²) in [7, 11) is 0. The fourth-order valence-corrected chi connectivity index (χ4v) is 0. The molecule has 0 atom stereocenters. The van der Waals surface area contributed by atoms with Gasteiger partial charge in [-0.15, -0.1) is 0 Å². The molecule has 0 aliphatic carbocycles. The van der Waals surface area contributed by atoms with Crippen LogP contribution in [0.5, 0.6) is 0 Å². The van der Waals surface area contributed by atoms with Crippen molar-refractivity contribution in [1.29, 1.82) is 0 Å². The van der Waals surface area contributed by atoms with Crippen molar-refractivity contribution >= 4 is 0 Å². The molecule has 1 N–H and O–H groups in total. The summed E-state index contributed by atoms with van der Waals surface area (Å²) in [6.07, 6.45) is 0. The van der Waals surface area contributed by atoms with Crippen LogP contribution >= 0.6 is 0 Å². The second kappa shape index (κ2) is 1.27. The van der Waals surface area contributed by atoms with Crippen LogP contribution in [0.25, 0.3) is 0 Å². The molecule has 0 radical (unpaired) electrons. The fourth-order valence-electron chi connectivity index (χ4n) is 0. The van der Waals surface area contributed by atoms with Gasteiger partial charge in [-0.3, -0.25) is 0 Å². The first-order valence-corrected chi connectivity index (χ1v) is 5.13. The van der Waals surface area contributed by atoms with E-state index >= 15 is 0 Å². The first kappa shape index (κ1) is 11.2. The molecule has 0 bridgehead atoms. The Labute approximate surface area is 56.3 Å². The van der Waals surface area contributed by atoms with E-state index in [0.29, 0.717) is 0 Å². The number of rotatable bonds is 0. The second-order valence-electron chi connectivity index (χ2n) is 1.29. The van der Waals surface area contributed by atoms with E-state index in [1.807, 2.05) is 0 Å². The maximum absolute atomic E-state index is 9.42. The maximum Gasteiger partial charge on any atom is 0 e. The summed E-state index contributed by atoms with van der Waals surface area (Å²) in [4.78, 5) is 0. The van der Waals surface area contributed by atoms with Gasteiger partial charge < -0.3 is 0 Å². The van der Waals surface area contributed by atoms with Crippen LogP contribution in [0.15, 0.2) is 0 Å². The Kier molecular flexibility index (Phi) is 1.79. The van der Waals surface area contributed by atoms with Crippen molar-refractivity contribution in [2.75, 3.05) is 0 Å². The van der Waals surface area contributed by atoms with Crippen LogP contribution in [0.1, 0.15) is 0 Å². The Morgan fingerprint density at radius 2 is 0.875 bits per heavy atom. The summed E-state index contributed by atoms with van der Waals surface area (Å²) < 4.78 is 50.8.